The third kappa shape index (κ3) is 2.83. The molecule has 2 heterocycles. The molecule has 2 aromatic rings. The predicted molar refractivity (Wildman–Crippen MR) is 78.4 cm³/mol. The van der Waals surface area contributed by atoms with Crippen LogP contribution in [-0.2, 0) is 13.0 Å². The van der Waals surface area contributed by atoms with Gasteiger partial charge in [0.15, 0.2) is 0 Å². The molecule has 0 saturated carbocycles. The minimum absolute atomic E-state index is 0.104. The highest BCUT2D eigenvalue weighted by molar-refractivity contribution is 9.11. The predicted octanol–water partition coefficient (Wildman–Crippen LogP) is 2.78. The van der Waals surface area contributed by atoms with E-state index in [9.17, 15) is 0 Å². The molecular weight excluding hydrogens is 312 g/mol. The summed E-state index contributed by atoms with van der Waals surface area (Å²) >= 11 is 5.27. The summed E-state index contributed by atoms with van der Waals surface area (Å²) in [5.41, 5.74) is 4.13. The number of nitrogens with zero attached hydrogens (tertiary/aromatic N) is 2. The highest BCUT2D eigenvalue weighted by Crippen LogP contribution is 2.32. The third-order valence-corrected chi connectivity index (χ3v) is 5.20. The third-order valence-electron chi connectivity index (χ3n) is 2.95. The summed E-state index contributed by atoms with van der Waals surface area (Å²) in [6.07, 6.45) is 4.63. The second-order valence-electron chi connectivity index (χ2n) is 4.16. The van der Waals surface area contributed by atoms with E-state index in [1.54, 1.807) is 11.3 Å². The van der Waals surface area contributed by atoms with Crippen LogP contribution in [0.4, 0.5) is 0 Å². The van der Waals surface area contributed by atoms with Crippen molar-refractivity contribution in [3.05, 3.63) is 38.5 Å². The van der Waals surface area contributed by atoms with E-state index in [0.717, 1.165) is 22.6 Å². The van der Waals surface area contributed by atoms with E-state index >= 15 is 0 Å². The Hall–Kier alpha value is -0.690. The summed E-state index contributed by atoms with van der Waals surface area (Å²) < 4.78 is 3.30. The topological polar surface area (TPSA) is 55.9 Å². The fourth-order valence-corrected chi connectivity index (χ4v) is 3.53. The van der Waals surface area contributed by atoms with E-state index in [2.05, 4.69) is 50.8 Å². The van der Waals surface area contributed by atoms with Crippen molar-refractivity contribution in [2.24, 2.45) is 5.84 Å². The first kappa shape index (κ1) is 13.7. The van der Waals surface area contributed by atoms with Gasteiger partial charge in [0.05, 0.1) is 9.83 Å². The number of nitrogens with one attached hydrogen (secondary N) is 1. The average molecular weight is 329 g/mol. The number of thiophene rings is 1. The molecule has 0 radical (unpaired) electrons. The standard InChI is InChI=1S/C12H17BrN4S/c1-3-17-5-4-15-11(17)7-9(16-14)10-6-8(2)12(13)18-10/h4-6,9,16H,3,7,14H2,1-2H3. The van der Waals surface area contributed by atoms with Crippen LogP contribution in [0.25, 0.3) is 0 Å². The molecule has 1 atom stereocenters. The van der Waals surface area contributed by atoms with E-state index in [1.165, 1.54) is 10.4 Å². The van der Waals surface area contributed by atoms with Gasteiger partial charge >= 0.3 is 0 Å². The second kappa shape index (κ2) is 5.97. The first-order valence-corrected chi connectivity index (χ1v) is 7.48. The van der Waals surface area contributed by atoms with Crippen LogP contribution in [0.3, 0.4) is 0 Å². The smallest absolute Gasteiger partial charge is 0.110 e. The fourth-order valence-electron chi connectivity index (χ4n) is 1.90. The second-order valence-corrected chi connectivity index (χ2v) is 6.56. The van der Waals surface area contributed by atoms with Gasteiger partial charge in [0, 0.05) is 30.2 Å². The summed E-state index contributed by atoms with van der Waals surface area (Å²) in [5, 5.41) is 0. The van der Waals surface area contributed by atoms with Gasteiger partial charge in [0.2, 0.25) is 0 Å². The molecule has 0 aromatic carbocycles. The summed E-state index contributed by atoms with van der Waals surface area (Å²) in [5.74, 6) is 6.73. The molecule has 3 N–H and O–H groups in total. The summed E-state index contributed by atoms with van der Waals surface area (Å²) in [6, 6.07) is 2.27. The Balaban J connectivity index is 2.19. The van der Waals surface area contributed by atoms with Crippen LogP contribution in [0, 0.1) is 6.92 Å². The van der Waals surface area contributed by atoms with Crippen molar-refractivity contribution in [1.82, 2.24) is 15.0 Å². The van der Waals surface area contributed by atoms with Crippen molar-refractivity contribution in [1.29, 1.82) is 0 Å². The Morgan fingerprint density at radius 2 is 2.39 bits per heavy atom. The highest BCUT2D eigenvalue weighted by atomic mass is 79.9. The molecule has 4 nitrogen and oxygen atoms in total. The minimum atomic E-state index is 0.104. The number of rotatable bonds is 5. The lowest BCUT2D eigenvalue weighted by Crippen LogP contribution is -2.29. The van der Waals surface area contributed by atoms with E-state index in [0.29, 0.717) is 0 Å². The van der Waals surface area contributed by atoms with Crippen LogP contribution < -0.4 is 11.3 Å². The molecule has 0 aliphatic heterocycles. The first-order chi connectivity index (χ1) is 8.65. The van der Waals surface area contributed by atoms with Crippen LogP contribution >= 0.6 is 27.3 Å². The van der Waals surface area contributed by atoms with Gasteiger partial charge in [-0.25, -0.2) is 4.98 Å². The number of imidazole rings is 1. The Morgan fingerprint density at radius 3 is 2.94 bits per heavy atom. The Bertz CT molecular complexity index is 500. The minimum Gasteiger partial charge on any atom is -0.335 e. The zero-order chi connectivity index (χ0) is 13.1. The molecule has 0 aliphatic rings. The van der Waals surface area contributed by atoms with Crippen molar-refractivity contribution in [3.63, 3.8) is 0 Å². The maximum Gasteiger partial charge on any atom is 0.110 e. The number of hydrogen-bond donors (Lipinski definition) is 2. The van der Waals surface area contributed by atoms with Crippen molar-refractivity contribution >= 4 is 27.3 Å². The van der Waals surface area contributed by atoms with Crippen molar-refractivity contribution in [2.45, 2.75) is 32.9 Å². The van der Waals surface area contributed by atoms with E-state index < -0.39 is 0 Å². The number of aromatic nitrogens is 2. The molecule has 0 bridgehead atoms. The lowest BCUT2D eigenvalue weighted by Gasteiger charge is -2.14. The SMILES string of the molecule is CCn1ccnc1CC(NN)c1cc(C)c(Br)s1. The molecule has 0 spiro atoms. The number of halogens is 1. The Morgan fingerprint density at radius 1 is 1.61 bits per heavy atom. The number of hydrazine groups is 1. The number of aryl methyl sites for hydroxylation is 2. The van der Waals surface area contributed by atoms with Crippen LogP contribution in [0.15, 0.2) is 22.2 Å². The summed E-state index contributed by atoms with van der Waals surface area (Å²) in [7, 11) is 0. The molecule has 6 heteroatoms. The first-order valence-electron chi connectivity index (χ1n) is 5.87. The molecule has 0 fully saturated rings. The largest absolute Gasteiger partial charge is 0.335 e. The van der Waals surface area contributed by atoms with Crippen molar-refractivity contribution < 1.29 is 0 Å². The monoisotopic (exact) mass is 328 g/mol. The van der Waals surface area contributed by atoms with Crippen LogP contribution in [0.5, 0.6) is 0 Å². The maximum atomic E-state index is 5.68. The molecule has 98 valence electrons. The molecule has 2 aromatic heterocycles. The number of nitrogens with two attached hydrogens (primary N) is 1. The lowest BCUT2D eigenvalue weighted by atomic mass is 10.1. The van der Waals surface area contributed by atoms with E-state index in [-0.39, 0.29) is 6.04 Å². The molecule has 0 saturated heterocycles. The Labute approximate surface area is 119 Å². The molecule has 18 heavy (non-hydrogen) atoms. The fraction of sp³-hybridized carbons (Fsp3) is 0.417. The summed E-state index contributed by atoms with van der Waals surface area (Å²) in [6.45, 7) is 5.13. The van der Waals surface area contributed by atoms with E-state index in [1.807, 2.05) is 12.4 Å². The van der Waals surface area contributed by atoms with Gasteiger partial charge in [-0.15, -0.1) is 11.3 Å². The molecule has 0 amide bonds. The van der Waals surface area contributed by atoms with Gasteiger partial charge in [0.1, 0.15) is 5.82 Å². The molecule has 0 aliphatic carbocycles. The highest BCUT2D eigenvalue weighted by Gasteiger charge is 2.16. The average Bonchev–Trinajstić information content (AvgIpc) is 2.93. The van der Waals surface area contributed by atoms with Crippen molar-refractivity contribution in [2.75, 3.05) is 0 Å². The van der Waals surface area contributed by atoms with Gasteiger partial charge in [-0.05, 0) is 41.4 Å². The molecular formula is C12H17BrN4S. The summed E-state index contributed by atoms with van der Waals surface area (Å²) in [4.78, 5) is 5.62. The quantitative estimate of drug-likeness (QED) is 0.655. The van der Waals surface area contributed by atoms with Gasteiger partial charge in [-0.1, -0.05) is 0 Å². The number of hydrogen-bond acceptors (Lipinski definition) is 4. The Kier molecular flexibility index (Phi) is 4.55. The zero-order valence-electron chi connectivity index (χ0n) is 10.5. The van der Waals surface area contributed by atoms with Gasteiger partial charge in [-0.2, -0.15) is 0 Å². The van der Waals surface area contributed by atoms with Crippen LogP contribution in [0.2, 0.25) is 0 Å². The normalized spacial score (nSPS) is 12.9. The molecule has 2 rings (SSSR count). The van der Waals surface area contributed by atoms with Gasteiger partial charge < -0.3 is 4.57 Å². The maximum absolute atomic E-state index is 5.68. The van der Waals surface area contributed by atoms with E-state index in [4.69, 9.17) is 5.84 Å². The molecule has 1 unspecified atom stereocenters. The van der Waals surface area contributed by atoms with Gasteiger partial charge in [-0.3, -0.25) is 11.3 Å². The lowest BCUT2D eigenvalue weighted by molar-refractivity contribution is 0.530. The van der Waals surface area contributed by atoms with Gasteiger partial charge in [0.25, 0.3) is 0 Å². The van der Waals surface area contributed by atoms with Crippen LogP contribution in [-0.4, -0.2) is 9.55 Å². The zero-order valence-corrected chi connectivity index (χ0v) is 12.9. The van der Waals surface area contributed by atoms with Crippen molar-refractivity contribution in [3.8, 4) is 0 Å². The van der Waals surface area contributed by atoms with Crippen LogP contribution in [0.1, 0.15) is 29.2 Å².